The Kier molecular flexibility index (Phi) is 7.01. The minimum absolute atomic E-state index is 0.0423. The van der Waals surface area contributed by atoms with Crippen LogP contribution in [0.3, 0.4) is 0 Å². The first-order valence-corrected chi connectivity index (χ1v) is 7.89. The lowest BCUT2D eigenvalue weighted by molar-refractivity contribution is -0.0365. The maximum Gasteiger partial charge on any atom is 0.0818 e. The molecule has 0 saturated carbocycles. The second-order valence-corrected chi connectivity index (χ2v) is 6.60. The van der Waals surface area contributed by atoms with E-state index in [9.17, 15) is 0 Å². The molecule has 0 radical (unpaired) electrons. The smallest absolute Gasteiger partial charge is 0.0818 e. The van der Waals surface area contributed by atoms with E-state index in [0.29, 0.717) is 6.61 Å². The first-order chi connectivity index (χ1) is 9.41. The van der Waals surface area contributed by atoms with E-state index < -0.39 is 0 Å². The summed E-state index contributed by atoms with van der Waals surface area (Å²) in [6.07, 6.45) is 1.17. The normalized spacial score (nSPS) is 15.1. The van der Waals surface area contributed by atoms with Crippen LogP contribution < -0.4 is 5.32 Å². The molecule has 114 valence electrons. The molecule has 3 heteroatoms. The lowest BCUT2D eigenvalue weighted by Crippen LogP contribution is -2.42. The highest BCUT2D eigenvalue weighted by Crippen LogP contribution is 2.35. The highest BCUT2D eigenvalue weighted by molar-refractivity contribution is 6.31. The molecule has 1 N–H and O–H groups in total. The Balaban J connectivity index is 3.12. The molecule has 0 heterocycles. The topological polar surface area (TPSA) is 21.3 Å². The van der Waals surface area contributed by atoms with Gasteiger partial charge in [0.25, 0.3) is 0 Å². The predicted octanol–water partition coefficient (Wildman–Crippen LogP) is 4.83. The number of hydrogen-bond acceptors (Lipinski definition) is 2. The molecule has 0 fully saturated rings. The highest BCUT2D eigenvalue weighted by Gasteiger charge is 2.34. The maximum absolute atomic E-state index is 6.40. The Morgan fingerprint density at radius 1 is 1.20 bits per heavy atom. The van der Waals surface area contributed by atoms with Crippen molar-refractivity contribution in [3.8, 4) is 0 Å². The van der Waals surface area contributed by atoms with Crippen LogP contribution >= 0.6 is 11.6 Å². The van der Waals surface area contributed by atoms with Crippen molar-refractivity contribution in [2.45, 2.75) is 53.2 Å². The van der Waals surface area contributed by atoms with Crippen LogP contribution in [0, 0.1) is 5.41 Å². The zero-order chi connectivity index (χ0) is 15.2. The van der Waals surface area contributed by atoms with E-state index in [0.717, 1.165) is 23.6 Å². The van der Waals surface area contributed by atoms with Gasteiger partial charge in [-0.3, -0.25) is 0 Å². The van der Waals surface area contributed by atoms with Crippen LogP contribution in [0.15, 0.2) is 24.3 Å². The van der Waals surface area contributed by atoms with Gasteiger partial charge in [0.2, 0.25) is 0 Å². The number of halogens is 1. The van der Waals surface area contributed by atoms with Gasteiger partial charge in [0.15, 0.2) is 0 Å². The van der Waals surface area contributed by atoms with Crippen LogP contribution in [0.2, 0.25) is 5.02 Å². The third-order valence-electron chi connectivity index (χ3n) is 3.36. The van der Waals surface area contributed by atoms with Crippen LogP contribution in [0.4, 0.5) is 0 Å². The molecule has 0 amide bonds. The Bertz CT molecular complexity index is 400. The van der Waals surface area contributed by atoms with Crippen LogP contribution in [0.5, 0.6) is 0 Å². The Morgan fingerprint density at radius 3 is 2.35 bits per heavy atom. The molecular weight excluding hydrogens is 270 g/mol. The molecule has 0 bridgehead atoms. The molecule has 0 saturated heterocycles. The number of nitrogens with one attached hydrogen (secondary N) is 1. The van der Waals surface area contributed by atoms with E-state index in [1.165, 1.54) is 0 Å². The van der Waals surface area contributed by atoms with Crippen molar-refractivity contribution in [3.63, 3.8) is 0 Å². The van der Waals surface area contributed by atoms with E-state index in [1.54, 1.807) is 0 Å². The van der Waals surface area contributed by atoms with Gasteiger partial charge in [-0.25, -0.2) is 0 Å². The molecule has 1 aromatic rings. The molecule has 20 heavy (non-hydrogen) atoms. The SMILES string of the molecule is CCCNC(c1ccccc1Cl)C(OCC)C(C)(C)C. The van der Waals surface area contributed by atoms with Crippen molar-refractivity contribution < 1.29 is 4.74 Å². The van der Waals surface area contributed by atoms with Crippen molar-refractivity contribution in [1.82, 2.24) is 5.32 Å². The zero-order valence-electron chi connectivity index (χ0n) is 13.4. The van der Waals surface area contributed by atoms with Gasteiger partial charge in [0.05, 0.1) is 12.1 Å². The number of hydrogen-bond donors (Lipinski definition) is 1. The average Bonchev–Trinajstić information content (AvgIpc) is 2.38. The molecule has 0 spiro atoms. The summed E-state index contributed by atoms with van der Waals surface area (Å²) in [4.78, 5) is 0. The summed E-state index contributed by atoms with van der Waals surface area (Å²) in [6, 6.07) is 8.16. The summed E-state index contributed by atoms with van der Waals surface area (Å²) in [5.41, 5.74) is 1.16. The van der Waals surface area contributed by atoms with Crippen LogP contribution in [-0.2, 0) is 4.74 Å². The van der Waals surface area contributed by atoms with E-state index in [-0.39, 0.29) is 17.6 Å². The fourth-order valence-electron chi connectivity index (χ4n) is 2.43. The molecule has 0 aliphatic rings. The maximum atomic E-state index is 6.40. The number of ether oxygens (including phenoxy) is 1. The van der Waals surface area contributed by atoms with Gasteiger partial charge in [-0.1, -0.05) is 57.5 Å². The second-order valence-electron chi connectivity index (χ2n) is 6.20. The second kappa shape index (κ2) is 8.02. The average molecular weight is 298 g/mol. The zero-order valence-corrected chi connectivity index (χ0v) is 14.1. The fraction of sp³-hybridized carbons (Fsp3) is 0.647. The van der Waals surface area contributed by atoms with Crippen molar-refractivity contribution in [1.29, 1.82) is 0 Å². The summed E-state index contributed by atoms with van der Waals surface area (Å²) < 4.78 is 6.05. The fourth-order valence-corrected chi connectivity index (χ4v) is 2.69. The van der Waals surface area contributed by atoms with Gasteiger partial charge in [0, 0.05) is 11.6 Å². The lowest BCUT2D eigenvalue weighted by Gasteiger charge is -2.38. The van der Waals surface area contributed by atoms with Gasteiger partial charge >= 0.3 is 0 Å². The largest absolute Gasteiger partial charge is 0.376 e. The van der Waals surface area contributed by atoms with Gasteiger partial charge in [-0.2, -0.15) is 0 Å². The van der Waals surface area contributed by atoms with Gasteiger partial charge in [-0.05, 0) is 36.9 Å². The summed E-state index contributed by atoms with van der Waals surface area (Å²) in [7, 11) is 0. The van der Waals surface area contributed by atoms with Crippen molar-refractivity contribution >= 4 is 11.6 Å². The van der Waals surface area contributed by atoms with Crippen LogP contribution in [-0.4, -0.2) is 19.3 Å². The monoisotopic (exact) mass is 297 g/mol. The summed E-state index contributed by atoms with van der Waals surface area (Å²) in [6.45, 7) is 12.5. The van der Waals surface area contributed by atoms with Gasteiger partial charge in [0.1, 0.15) is 0 Å². The van der Waals surface area contributed by atoms with Crippen LogP contribution in [0.1, 0.15) is 52.6 Å². The minimum Gasteiger partial charge on any atom is -0.376 e. The third-order valence-corrected chi connectivity index (χ3v) is 3.70. The Labute approximate surface area is 128 Å². The minimum atomic E-state index is 0.0423. The molecule has 1 aromatic carbocycles. The Hall–Kier alpha value is -0.570. The van der Waals surface area contributed by atoms with Crippen molar-refractivity contribution in [2.75, 3.05) is 13.2 Å². The van der Waals surface area contributed by atoms with E-state index in [4.69, 9.17) is 16.3 Å². The molecule has 1 rings (SSSR count). The molecule has 0 aliphatic heterocycles. The first kappa shape index (κ1) is 17.5. The molecule has 2 unspecified atom stereocenters. The number of benzene rings is 1. The first-order valence-electron chi connectivity index (χ1n) is 7.51. The molecule has 2 atom stereocenters. The quantitative estimate of drug-likeness (QED) is 0.778. The molecule has 2 nitrogen and oxygen atoms in total. The summed E-state index contributed by atoms with van der Waals surface area (Å²) in [5.74, 6) is 0. The third kappa shape index (κ3) is 4.76. The summed E-state index contributed by atoms with van der Waals surface area (Å²) in [5, 5.41) is 4.41. The number of rotatable bonds is 7. The standard InChI is InChI=1S/C17H28ClNO/c1-6-12-19-15(13-10-8-9-11-14(13)18)16(20-7-2)17(3,4)5/h8-11,15-16,19H,6-7,12H2,1-5H3. The van der Waals surface area contributed by atoms with Gasteiger partial charge in [-0.15, -0.1) is 0 Å². The highest BCUT2D eigenvalue weighted by atomic mass is 35.5. The summed E-state index contributed by atoms with van der Waals surface area (Å²) >= 11 is 6.40. The van der Waals surface area contributed by atoms with E-state index in [2.05, 4.69) is 39.1 Å². The predicted molar refractivity (Wildman–Crippen MR) is 87.4 cm³/mol. The molecule has 0 aliphatic carbocycles. The Morgan fingerprint density at radius 2 is 1.85 bits per heavy atom. The van der Waals surface area contributed by atoms with Gasteiger partial charge < -0.3 is 10.1 Å². The van der Waals surface area contributed by atoms with Crippen molar-refractivity contribution in [3.05, 3.63) is 34.9 Å². The van der Waals surface area contributed by atoms with E-state index in [1.807, 2.05) is 25.1 Å². The lowest BCUT2D eigenvalue weighted by atomic mass is 9.82. The molecular formula is C17H28ClNO. The van der Waals surface area contributed by atoms with Crippen molar-refractivity contribution in [2.24, 2.45) is 5.41 Å². The van der Waals surface area contributed by atoms with Crippen LogP contribution in [0.25, 0.3) is 0 Å². The van der Waals surface area contributed by atoms with E-state index >= 15 is 0 Å². The molecule has 0 aromatic heterocycles.